The van der Waals surface area contributed by atoms with Crippen LogP contribution in [-0.2, 0) is 12.4 Å². The third-order valence-electron chi connectivity index (χ3n) is 4.95. The van der Waals surface area contributed by atoms with Crippen LogP contribution < -0.4 is 16.4 Å². The SMILES string of the molecule is Nc1n[nH]c2cccc(C#Cc3ccc(NC(=O)Nc4cc(C(F)(F)F)cc(C(F)(F)F)c4)cc3)c12. The largest absolute Gasteiger partial charge is 0.416 e. The molecule has 6 nitrogen and oxygen atoms in total. The van der Waals surface area contributed by atoms with Gasteiger partial charge in [0.25, 0.3) is 0 Å². The maximum absolute atomic E-state index is 13.0. The molecule has 0 saturated carbocycles. The van der Waals surface area contributed by atoms with Crippen LogP contribution in [0.2, 0.25) is 0 Å². The summed E-state index contributed by atoms with van der Waals surface area (Å²) in [5.41, 5.74) is 4.32. The highest BCUT2D eigenvalue weighted by Gasteiger charge is 2.37. The van der Waals surface area contributed by atoms with E-state index in [9.17, 15) is 31.1 Å². The van der Waals surface area contributed by atoms with Crippen LogP contribution in [0.25, 0.3) is 10.9 Å². The lowest BCUT2D eigenvalue weighted by atomic mass is 10.1. The number of fused-ring (bicyclic) bond motifs is 1. The summed E-state index contributed by atoms with van der Waals surface area (Å²) in [6.07, 6.45) is -10.1. The van der Waals surface area contributed by atoms with Crippen molar-refractivity contribution in [2.24, 2.45) is 0 Å². The molecule has 1 heterocycles. The normalized spacial score (nSPS) is 11.6. The summed E-state index contributed by atoms with van der Waals surface area (Å²) in [5.74, 6) is 6.24. The van der Waals surface area contributed by atoms with E-state index in [2.05, 4.69) is 27.4 Å². The topological polar surface area (TPSA) is 95.8 Å². The van der Waals surface area contributed by atoms with E-state index in [1.165, 1.54) is 12.1 Å². The number of H-pyrrole nitrogens is 1. The van der Waals surface area contributed by atoms with E-state index in [0.29, 0.717) is 34.5 Å². The van der Waals surface area contributed by atoms with Gasteiger partial charge in [0.15, 0.2) is 5.82 Å². The zero-order valence-electron chi connectivity index (χ0n) is 18.0. The van der Waals surface area contributed by atoms with E-state index in [0.717, 1.165) is 5.52 Å². The van der Waals surface area contributed by atoms with Crippen molar-refractivity contribution in [3.8, 4) is 11.8 Å². The molecule has 4 rings (SSSR count). The Hall–Kier alpha value is -4.66. The standard InChI is InChI=1S/C24H15F6N5O/c25-23(26,27)15-10-16(24(28,29)30)12-18(11-15)33-22(36)32-17-8-5-13(6-9-17)4-7-14-2-1-3-19-20(14)21(31)35-34-19/h1-3,5-6,8-12H,(H3,31,34,35)(H2,32,33,36). The minimum Gasteiger partial charge on any atom is -0.382 e. The average molecular weight is 503 g/mol. The molecule has 0 aliphatic carbocycles. The summed E-state index contributed by atoms with van der Waals surface area (Å²) >= 11 is 0. The van der Waals surface area contributed by atoms with Gasteiger partial charge in [-0.3, -0.25) is 5.10 Å². The Kier molecular flexibility index (Phi) is 6.24. The second-order valence-electron chi connectivity index (χ2n) is 7.54. The van der Waals surface area contributed by atoms with Crippen molar-refractivity contribution >= 4 is 34.1 Å². The summed E-state index contributed by atoms with van der Waals surface area (Å²) < 4.78 is 78.0. The number of nitrogen functional groups attached to an aromatic ring is 1. The second-order valence-corrected chi connectivity index (χ2v) is 7.54. The molecule has 0 aliphatic rings. The van der Waals surface area contributed by atoms with Gasteiger partial charge in [-0.05, 0) is 54.6 Å². The van der Waals surface area contributed by atoms with Crippen LogP contribution in [0.1, 0.15) is 22.3 Å². The number of aromatic nitrogens is 2. The molecule has 0 unspecified atom stereocenters. The number of rotatable bonds is 2. The highest BCUT2D eigenvalue weighted by Crippen LogP contribution is 2.37. The number of aromatic amines is 1. The average Bonchev–Trinajstić information content (AvgIpc) is 3.18. The van der Waals surface area contributed by atoms with E-state index in [1.54, 1.807) is 30.3 Å². The van der Waals surface area contributed by atoms with Gasteiger partial charge in [-0.1, -0.05) is 17.9 Å². The van der Waals surface area contributed by atoms with Gasteiger partial charge in [-0.2, -0.15) is 31.4 Å². The number of carbonyl (C=O) groups is 1. The number of amides is 2. The fourth-order valence-electron chi connectivity index (χ4n) is 3.30. The van der Waals surface area contributed by atoms with E-state index in [-0.39, 0.29) is 11.8 Å². The lowest BCUT2D eigenvalue weighted by Gasteiger charge is -2.15. The number of nitrogens with zero attached hydrogens (tertiary/aromatic N) is 1. The Morgan fingerprint density at radius 2 is 1.44 bits per heavy atom. The van der Waals surface area contributed by atoms with Crippen molar-refractivity contribution in [3.05, 3.63) is 82.9 Å². The number of hydrogen-bond acceptors (Lipinski definition) is 3. The van der Waals surface area contributed by atoms with Crippen LogP contribution in [0.5, 0.6) is 0 Å². The summed E-state index contributed by atoms with van der Waals surface area (Å²) in [6, 6.07) is 11.3. The maximum atomic E-state index is 13.0. The van der Waals surface area contributed by atoms with Crippen molar-refractivity contribution in [1.82, 2.24) is 10.2 Å². The molecule has 1 aromatic heterocycles. The predicted molar refractivity (Wildman–Crippen MR) is 122 cm³/mol. The molecule has 5 N–H and O–H groups in total. The molecular weight excluding hydrogens is 488 g/mol. The molecule has 0 atom stereocenters. The number of nitrogens with two attached hydrogens (primary N) is 1. The van der Waals surface area contributed by atoms with Gasteiger partial charge in [0.05, 0.1) is 22.0 Å². The monoisotopic (exact) mass is 503 g/mol. The van der Waals surface area contributed by atoms with Crippen molar-refractivity contribution in [3.63, 3.8) is 0 Å². The first-order valence-electron chi connectivity index (χ1n) is 10.1. The van der Waals surface area contributed by atoms with Gasteiger partial charge in [-0.15, -0.1) is 0 Å². The molecule has 3 aromatic carbocycles. The van der Waals surface area contributed by atoms with Crippen LogP contribution in [0.3, 0.4) is 0 Å². The summed E-state index contributed by atoms with van der Waals surface area (Å²) in [5, 5.41) is 11.8. The van der Waals surface area contributed by atoms with E-state index in [1.807, 2.05) is 5.32 Å². The lowest BCUT2D eigenvalue weighted by molar-refractivity contribution is -0.143. The van der Waals surface area contributed by atoms with E-state index in [4.69, 9.17) is 5.73 Å². The van der Waals surface area contributed by atoms with Crippen molar-refractivity contribution < 1.29 is 31.1 Å². The molecule has 4 aromatic rings. The Balaban J connectivity index is 1.48. The Labute approximate surface area is 199 Å². The van der Waals surface area contributed by atoms with Crippen LogP contribution >= 0.6 is 0 Å². The molecule has 0 saturated heterocycles. The molecule has 184 valence electrons. The number of urea groups is 1. The highest BCUT2D eigenvalue weighted by molar-refractivity contribution is 6.00. The van der Waals surface area contributed by atoms with Gasteiger partial charge >= 0.3 is 18.4 Å². The Bertz CT molecular complexity index is 1460. The van der Waals surface area contributed by atoms with Crippen LogP contribution in [0.4, 0.5) is 48.3 Å². The number of carbonyl (C=O) groups excluding carboxylic acids is 1. The number of benzene rings is 3. The van der Waals surface area contributed by atoms with Crippen molar-refractivity contribution in [2.45, 2.75) is 12.4 Å². The molecule has 0 aliphatic heterocycles. The summed E-state index contributed by atoms with van der Waals surface area (Å²) in [7, 11) is 0. The van der Waals surface area contributed by atoms with Gasteiger partial charge < -0.3 is 16.4 Å². The third kappa shape index (κ3) is 5.52. The van der Waals surface area contributed by atoms with Gasteiger partial charge in [-0.25, -0.2) is 4.79 Å². The van der Waals surface area contributed by atoms with Gasteiger partial charge in [0.1, 0.15) is 0 Å². The van der Waals surface area contributed by atoms with Gasteiger partial charge in [0.2, 0.25) is 0 Å². The molecule has 0 fully saturated rings. The number of anilines is 3. The zero-order chi connectivity index (χ0) is 26.1. The molecule has 2 amide bonds. The van der Waals surface area contributed by atoms with E-state index < -0.39 is 35.2 Å². The minimum absolute atomic E-state index is 0.0236. The summed E-state index contributed by atoms with van der Waals surface area (Å²) in [6.45, 7) is 0. The van der Waals surface area contributed by atoms with E-state index >= 15 is 0 Å². The van der Waals surface area contributed by atoms with Crippen LogP contribution in [0, 0.1) is 11.8 Å². The Morgan fingerprint density at radius 1 is 0.833 bits per heavy atom. The number of nitrogens with one attached hydrogen (secondary N) is 3. The number of hydrogen-bond donors (Lipinski definition) is 4. The predicted octanol–water partition coefficient (Wildman–Crippen LogP) is 6.23. The molecular formula is C24H15F6N5O. The highest BCUT2D eigenvalue weighted by atomic mass is 19.4. The molecule has 0 spiro atoms. The van der Waals surface area contributed by atoms with Crippen LogP contribution in [0.15, 0.2) is 60.7 Å². The van der Waals surface area contributed by atoms with Gasteiger partial charge in [0, 0.05) is 22.5 Å². The smallest absolute Gasteiger partial charge is 0.382 e. The minimum atomic E-state index is -5.03. The first-order chi connectivity index (χ1) is 16.9. The molecule has 0 bridgehead atoms. The fraction of sp³-hybridized carbons (Fsp3) is 0.0833. The first-order valence-corrected chi connectivity index (χ1v) is 10.1. The number of halogens is 6. The third-order valence-corrected chi connectivity index (χ3v) is 4.95. The zero-order valence-corrected chi connectivity index (χ0v) is 18.0. The lowest BCUT2D eigenvalue weighted by Crippen LogP contribution is -2.20. The molecule has 36 heavy (non-hydrogen) atoms. The quantitative estimate of drug-likeness (QED) is 0.193. The summed E-state index contributed by atoms with van der Waals surface area (Å²) in [4.78, 5) is 12.2. The number of alkyl halides is 6. The molecule has 12 heteroatoms. The van der Waals surface area contributed by atoms with Crippen molar-refractivity contribution in [1.29, 1.82) is 0 Å². The molecule has 0 radical (unpaired) electrons. The maximum Gasteiger partial charge on any atom is 0.416 e. The Morgan fingerprint density at radius 3 is 2.06 bits per heavy atom. The second kappa shape index (κ2) is 9.18. The first kappa shape index (κ1) is 24.5. The van der Waals surface area contributed by atoms with Crippen LogP contribution in [-0.4, -0.2) is 16.2 Å². The fourth-order valence-corrected chi connectivity index (χ4v) is 3.30. The van der Waals surface area contributed by atoms with Crippen molar-refractivity contribution in [2.75, 3.05) is 16.4 Å².